The van der Waals surface area contributed by atoms with Gasteiger partial charge in [0.25, 0.3) is 0 Å². The minimum atomic E-state index is -0.202. The van der Waals surface area contributed by atoms with Gasteiger partial charge in [0.2, 0.25) is 5.91 Å². The number of hydrogen-bond donors (Lipinski definition) is 1. The van der Waals surface area contributed by atoms with Crippen LogP contribution in [-0.4, -0.2) is 61.6 Å². The number of aromatic amines is 1. The number of thioether (sulfide) groups is 1. The maximum Gasteiger partial charge on any atom is 0.235 e. The van der Waals surface area contributed by atoms with Crippen LogP contribution in [0.1, 0.15) is 39.5 Å². The first-order chi connectivity index (χ1) is 15.6. The van der Waals surface area contributed by atoms with E-state index >= 15 is 0 Å². The Kier molecular flexibility index (Phi) is 6.24. The Hall–Kier alpha value is -2.32. The Morgan fingerprint density at radius 1 is 1.25 bits per heavy atom. The van der Waals surface area contributed by atoms with E-state index in [0.29, 0.717) is 12.5 Å². The maximum absolute atomic E-state index is 13.1. The molecule has 0 spiro atoms. The standard InChI is InChI=1S/C24H31N5O2S/c1-16-9-11-28(12-10-16)23(30)17(2)32-24-27-26-22(29(24)15-18-6-5-13-31-18)20-14-25-21-8-4-3-7-19(20)21/h3-4,7-8,14,16-18,25H,5-6,9-13,15H2,1-2H3/t17-,18-/m0/s1. The third kappa shape index (κ3) is 4.30. The monoisotopic (exact) mass is 453 g/mol. The molecule has 32 heavy (non-hydrogen) atoms. The third-order valence-corrected chi connectivity index (χ3v) is 7.75. The molecule has 8 heteroatoms. The minimum absolute atomic E-state index is 0.156. The van der Waals surface area contributed by atoms with Gasteiger partial charge in [-0.1, -0.05) is 36.9 Å². The average Bonchev–Trinajstić information content (AvgIpc) is 3.55. The molecular weight excluding hydrogens is 422 g/mol. The lowest BCUT2D eigenvalue weighted by Crippen LogP contribution is -2.41. The third-order valence-electron chi connectivity index (χ3n) is 6.68. The van der Waals surface area contributed by atoms with Crippen molar-refractivity contribution in [3.8, 4) is 11.4 Å². The highest BCUT2D eigenvalue weighted by Gasteiger charge is 2.28. The Balaban J connectivity index is 1.42. The van der Waals surface area contributed by atoms with Gasteiger partial charge < -0.3 is 14.6 Å². The highest BCUT2D eigenvalue weighted by Crippen LogP contribution is 2.33. The number of aromatic nitrogens is 4. The second kappa shape index (κ2) is 9.27. The molecule has 4 heterocycles. The van der Waals surface area contributed by atoms with E-state index in [4.69, 9.17) is 4.74 Å². The molecule has 0 saturated carbocycles. The van der Waals surface area contributed by atoms with Crippen molar-refractivity contribution in [3.05, 3.63) is 30.5 Å². The molecule has 2 fully saturated rings. The second-order valence-corrected chi connectivity index (χ2v) is 10.4. The number of fused-ring (bicyclic) bond motifs is 1. The maximum atomic E-state index is 13.1. The number of likely N-dealkylation sites (tertiary alicyclic amines) is 1. The summed E-state index contributed by atoms with van der Waals surface area (Å²) in [5.74, 6) is 1.73. The van der Waals surface area contributed by atoms with E-state index in [-0.39, 0.29) is 17.3 Å². The van der Waals surface area contributed by atoms with Gasteiger partial charge in [-0.25, -0.2) is 0 Å². The number of para-hydroxylation sites is 1. The SMILES string of the molecule is CC1CCN(C(=O)[C@H](C)Sc2nnc(-c3c[nH]c4ccccc34)n2C[C@@H]2CCCO2)CC1. The summed E-state index contributed by atoms with van der Waals surface area (Å²) in [4.78, 5) is 18.4. The molecule has 2 atom stereocenters. The Morgan fingerprint density at radius 3 is 2.84 bits per heavy atom. The Bertz CT molecular complexity index is 1080. The summed E-state index contributed by atoms with van der Waals surface area (Å²) < 4.78 is 8.08. The van der Waals surface area contributed by atoms with Crippen LogP contribution < -0.4 is 0 Å². The topological polar surface area (TPSA) is 76.0 Å². The zero-order valence-corrected chi connectivity index (χ0v) is 19.6. The largest absolute Gasteiger partial charge is 0.376 e. The quantitative estimate of drug-likeness (QED) is 0.562. The molecule has 1 N–H and O–H groups in total. The summed E-state index contributed by atoms with van der Waals surface area (Å²) in [6.45, 7) is 7.47. The summed E-state index contributed by atoms with van der Waals surface area (Å²) in [5.41, 5.74) is 2.10. The fourth-order valence-electron chi connectivity index (χ4n) is 4.68. The molecule has 1 amide bonds. The molecule has 2 saturated heterocycles. The molecular formula is C24H31N5O2S. The first-order valence-corrected chi connectivity index (χ1v) is 12.5. The van der Waals surface area contributed by atoms with E-state index in [1.165, 1.54) is 11.8 Å². The van der Waals surface area contributed by atoms with Crippen LogP contribution in [0.4, 0.5) is 0 Å². The van der Waals surface area contributed by atoms with Gasteiger partial charge in [0.15, 0.2) is 11.0 Å². The van der Waals surface area contributed by atoms with Crippen molar-refractivity contribution in [2.24, 2.45) is 5.92 Å². The van der Waals surface area contributed by atoms with Crippen molar-refractivity contribution in [3.63, 3.8) is 0 Å². The predicted molar refractivity (Wildman–Crippen MR) is 127 cm³/mol. The lowest BCUT2D eigenvalue weighted by Gasteiger charge is -2.32. The van der Waals surface area contributed by atoms with Crippen LogP contribution in [0.5, 0.6) is 0 Å². The Morgan fingerprint density at radius 2 is 2.06 bits per heavy atom. The molecule has 7 nitrogen and oxygen atoms in total. The number of piperidine rings is 1. The van der Waals surface area contributed by atoms with Crippen molar-refractivity contribution in [1.29, 1.82) is 0 Å². The van der Waals surface area contributed by atoms with Gasteiger partial charge in [0.1, 0.15) is 0 Å². The van der Waals surface area contributed by atoms with Crippen LogP contribution in [-0.2, 0) is 16.1 Å². The predicted octanol–water partition coefficient (Wildman–Crippen LogP) is 4.34. The second-order valence-electron chi connectivity index (χ2n) is 9.07. The molecule has 1 aromatic carbocycles. The van der Waals surface area contributed by atoms with Crippen LogP contribution >= 0.6 is 11.8 Å². The molecule has 2 aromatic heterocycles. The smallest absolute Gasteiger partial charge is 0.235 e. The number of H-pyrrole nitrogens is 1. The number of nitrogens with one attached hydrogen (secondary N) is 1. The van der Waals surface area contributed by atoms with Gasteiger partial charge in [-0.3, -0.25) is 9.36 Å². The number of ether oxygens (including phenoxy) is 1. The van der Waals surface area contributed by atoms with Crippen LogP contribution in [0.15, 0.2) is 35.6 Å². The van der Waals surface area contributed by atoms with Crippen LogP contribution in [0, 0.1) is 5.92 Å². The molecule has 2 aliphatic rings. The van der Waals surface area contributed by atoms with Crippen molar-refractivity contribution < 1.29 is 9.53 Å². The van der Waals surface area contributed by atoms with E-state index < -0.39 is 0 Å². The van der Waals surface area contributed by atoms with Crippen molar-refractivity contribution in [2.45, 2.75) is 62.6 Å². The molecule has 5 rings (SSSR count). The fourth-order valence-corrected chi connectivity index (χ4v) is 5.63. The van der Waals surface area contributed by atoms with Gasteiger partial charge in [-0.15, -0.1) is 10.2 Å². The molecule has 2 aliphatic heterocycles. The number of carbonyl (C=O) groups excluding carboxylic acids is 1. The molecule has 0 radical (unpaired) electrons. The van der Waals surface area contributed by atoms with Crippen LogP contribution in [0.25, 0.3) is 22.3 Å². The summed E-state index contributed by atoms with van der Waals surface area (Å²) >= 11 is 1.51. The minimum Gasteiger partial charge on any atom is -0.376 e. The summed E-state index contributed by atoms with van der Waals surface area (Å²) in [7, 11) is 0. The van der Waals surface area contributed by atoms with E-state index in [1.807, 2.05) is 30.2 Å². The lowest BCUT2D eigenvalue weighted by atomic mass is 9.99. The molecule has 3 aromatic rings. The zero-order chi connectivity index (χ0) is 22.1. The molecule has 0 unspecified atom stereocenters. The number of benzene rings is 1. The molecule has 170 valence electrons. The van der Waals surface area contributed by atoms with Crippen LogP contribution in [0.3, 0.4) is 0 Å². The average molecular weight is 454 g/mol. The van der Waals surface area contributed by atoms with Crippen molar-refractivity contribution >= 4 is 28.6 Å². The normalized spacial score (nSPS) is 20.8. The van der Waals surface area contributed by atoms with Gasteiger partial charge >= 0.3 is 0 Å². The fraction of sp³-hybridized carbons (Fsp3) is 0.542. The zero-order valence-electron chi connectivity index (χ0n) is 18.8. The first-order valence-electron chi connectivity index (χ1n) is 11.7. The van der Waals surface area contributed by atoms with Crippen molar-refractivity contribution in [2.75, 3.05) is 19.7 Å². The highest BCUT2D eigenvalue weighted by atomic mass is 32.2. The number of carbonyl (C=O) groups is 1. The van der Waals surface area contributed by atoms with Gasteiger partial charge in [0.05, 0.1) is 17.9 Å². The summed E-state index contributed by atoms with van der Waals surface area (Å²) in [6.07, 6.45) is 6.45. The lowest BCUT2D eigenvalue weighted by molar-refractivity contribution is -0.131. The Labute approximate surface area is 192 Å². The molecule has 0 bridgehead atoms. The number of nitrogens with zero attached hydrogens (tertiary/aromatic N) is 4. The number of hydrogen-bond acceptors (Lipinski definition) is 5. The van der Waals surface area contributed by atoms with E-state index in [9.17, 15) is 4.79 Å². The van der Waals surface area contributed by atoms with E-state index in [2.05, 4.69) is 38.8 Å². The van der Waals surface area contributed by atoms with E-state index in [0.717, 1.165) is 72.8 Å². The number of amides is 1. The van der Waals surface area contributed by atoms with Gasteiger partial charge in [-0.05, 0) is 44.6 Å². The van der Waals surface area contributed by atoms with Crippen molar-refractivity contribution in [1.82, 2.24) is 24.6 Å². The van der Waals surface area contributed by atoms with Crippen LogP contribution in [0.2, 0.25) is 0 Å². The molecule has 0 aliphatic carbocycles. The van der Waals surface area contributed by atoms with Gasteiger partial charge in [-0.2, -0.15) is 0 Å². The highest BCUT2D eigenvalue weighted by molar-refractivity contribution is 8.00. The summed E-state index contributed by atoms with van der Waals surface area (Å²) in [6, 6.07) is 8.23. The van der Waals surface area contributed by atoms with E-state index in [1.54, 1.807) is 0 Å². The first kappa shape index (κ1) is 21.5. The van der Waals surface area contributed by atoms with Gasteiger partial charge in [0, 0.05) is 42.4 Å². The number of rotatable bonds is 6. The summed E-state index contributed by atoms with van der Waals surface area (Å²) in [5, 5.41) is 10.8.